The first-order valence-corrected chi connectivity index (χ1v) is 12.9. The van der Waals surface area contributed by atoms with Crippen LogP contribution in [0.5, 0.6) is 0 Å². The van der Waals surface area contributed by atoms with Gasteiger partial charge in [0, 0.05) is 23.7 Å². The second kappa shape index (κ2) is 7.38. The smallest absolute Gasteiger partial charge is 0.157 e. The highest BCUT2D eigenvalue weighted by Crippen LogP contribution is 2.64. The van der Waals surface area contributed by atoms with Gasteiger partial charge in [-0.15, -0.1) is 0 Å². The maximum atomic E-state index is 13.5. The minimum atomic E-state index is -0.449. The lowest BCUT2D eigenvalue weighted by atomic mass is 9.49. The Morgan fingerprint density at radius 1 is 1.09 bits per heavy atom. The molecule has 2 heterocycles. The fourth-order valence-electron chi connectivity index (χ4n) is 8.88. The first-order valence-electron chi connectivity index (χ1n) is 12.9. The van der Waals surface area contributed by atoms with Gasteiger partial charge in [0.15, 0.2) is 5.78 Å². The van der Waals surface area contributed by atoms with Crippen molar-refractivity contribution in [1.82, 2.24) is 14.8 Å². The summed E-state index contributed by atoms with van der Waals surface area (Å²) in [6.07, 6.45) is 16.0. The number of ketones is 1. The van der Waals surface area contributed by atoms with Crippen LogP contribution in [0.25, 0.3) is 10.9 Å². The number of hydrogen-bond acceptors (Lipinski definition) is 4. The van der Waals surface area contributed by atoms with Crippen LogP contribution in [0, 0.1) is 40.9 Å². The standard InChI is InChI=1S/C27H37N3O2/c1-26(32)10-7-19-17(13-26)3-4-21-20(19)8-11-27(2)22(21)5-6-23(27)25(31)16-30-15-18-9-12-28-14-24(18)29-30/h9,12,14-15,17,19-23,32H,3-8,10-11,13,16H2,1-2H3/t17-,19+,20-,21-,22+,23-,26-,27+/m1/s1. The summed E-state index contributed by atoms with van der Waals surface area (Å²) < 4.78 is 1.83. The van der Waals surface area contributed by atoms with Crippen LogP contribution < -0.4 is 0 Å². The molecule has 5 nitrogen and oxygen atoms in total. The minimum absolute atomic E-state index is 0.152. The quantitative estimate of drug-likeness (QED) is 0.735. The van der Waals surface area contributed by atoms with Gasteiger partial charge in [-0.3, -0.25) is 14.5 Å². The number of aromatic nitrogens is 3. The average molecular weight is 436 g/mol. The van der Waals surface area contributed by atoms with Crippen molar-refractivity contribution in [3.05, 3.63) is 24.7 Å². The first kappa shape index (κ1) is 20.8. The van der Waals surface area contributed by atoms with E-state index in [9.17, 15) is 9.90 Å². The van der Waals surface area contributed by atoms with Crippen molar-refractivity contribution in [2.75, 3.05) is 0 Å². The number of hydrogen-bond donors (Lipinski definition) is 1. The largest absolute Gasteiger partial charge is 0.390 e. The Bertz CT molecular complexity index is 996. The molecule has 32 heavy (non-hydrogen) atoms. The molecule has 0 bridgehead atoms. The molecule has 0 saturated heterocycles. The highest BCUT2D eigenvalue weighted by atomic mass is 16.3. The number of nitrogens with zero attached hydrogens (tertiary/aromatic N) is 3. The number of Topliss-reactive ketones (excluding diaryl/α,β-unsaturated/α-hetero) is 1. The molecule has 1 N–H and O–H groups in total. The molecule has 0 radical (unpaired) electrons. The van der Waals surface area contributed by atoms with Crippen LogP contribution in [0.15, 0.2) is 24.7 Å². The number of rotatable bonds is 3. The van der Waals surface area contributed by atoms with Crippen molar-refractivity contribution in [3.63, 3.8) is 0 Å². The van der Waals surface area contributed by atoms with Gasteiger partial charge in [-0.1, -0.05) is 6.92 Å². The second-order valence-electron chi connectivity index (χ2n) is 12.1. The van der Waals surface area contributed by atoms with Crippen molar-refractivity contribution in [1.29, 1.82) is 0 Å². The highest BCUT2D eigenvalue weighted by Gasteiger charge is 2.58. The van der Waals surface area contributed by atoms with E-state index < -0.39 is 5.60 Å². The van der Waals surface area contributed by atoms with Crippen LogP contribution in [0.2, 0.25) is 0 Å². The summed E-state index contributed by atoms with van der Waals surface area (Å²) in [6.45, 7) is 4.86. The lowest BCUT2D eigenvalue weighted by molar-refractivity contribution is -0.133. The Morgan fingerprint density at radius 2 is 1.94 bits per heavy atom. The SMILES string of the molecule is C[C@@]1(O)CC[C@H]2[C@H](CC[C@@H]3[C@@H]2CC[C@]2(C)[C@@H](C(=O)Cn4cc5ccncc5n4)CC[C@@H]32)C1. The second-order valence-corrected chi connectivity index (χ2v) is 12.1. The Hall–Kier alpha value is -1.75. The van der Waals surface area contributed by atoms with Gasteiger partial charge in [-0.2, -0.15) is 5.10 Å². The van der Waals surface area contributed by atoms with E-state index in [0.717, 1.165) is 47.9 Å². The third kappa shape index (κ3) is 3.26. The summed E-state index contributed by atoms with van der Waals surface area (Å²) in [5, 5.41) is 16.3. The van der Waals surface area contributed by atoms with E-state index in [4.69, 9.17) is 0 Å². The number of carbonyl (C=O) groups is 1. The van der Waals surface area contributed by atoms with Crippen molar-refractivity contribution in [2.45, 2.75) is 83.8 Å². The molecule has 6 rings (SSSR count). The predicted molar refractivity (Wildman–Crippen MR) is 124 cm³/mol. The molecule has 5 heteroatoms. The van der Waals surface area contributed by atoms with Crippen molar-refractivity contribution < 1.29 is 9.90 Å². The Balaban J connectivity index is 1.18. The number of pyridine rings is 1. The van der Waals surface area contributed by atoms with Crippen LogP contribution in [-0.2, 0) is 11.3 Å². The van der Waals surface area contributed by atoms with E-state index in [2.05, 4.69) is 17.0 Å². The minimum Gasteiger partial charge on any atom is -0.390 e. The zero-order valence-electron chi connectivity index (χ0n) is 19.5. The van der Waals surface area contributed by atoms with E-state index in [1.54, 1.807) is 12.4 Å². The van der Waals surface area contributed by atoms with E-state index in [-0.39, 0.29) is 11.3 Å². The molecular formula is C27H37N3O2. The Morgan fingerprint density at radius 3 is 2.78 bits per heavy atom. The van der Waals surface area contributed by atoms with Gasteiger partial charge >= 0.3 is 0 Å². The van der Waals surface area contributed by atoms with Crippen LogP contribution in [0.3, 0.4) is 0 Å². The fourth-order valence-corrected chi connectivity index (χ4v) is 8.88. The Labute approximate surface area is 191 Å². The molecule has 0 spiro atoms. The summed E-state index contributed by atoms with van der Waals surface area (Å²) in [4.78, 5) is 17.7. The number of carbonyl (C=O) groups excluding carboxylic acids is 1. The molecule has 2 aromatic rings. The molecule has 4 fully saturated rings. The van der Waals surface area contributed by atoms with Gasteiger partial charge in [-0.05, 0) is 106 Å². The third-order valence-corrected chi connectivity index (χ3v) is 10.3. The molecule has 4 saturated carbocycles. The van der Waals surface area contributed by atoms with Gasteiger partial charge in [-0.25, -0.2) is 0 Å². The molecule has 8 atom stereocenters. The zero-order chi connectivity index (χ0) is 22.1. The molecular weight excluding hydrogens is 398 g/mol. The summed E-state index contributed by atoms with van der Waals surface area (Å²) in [7, 11) is 0. The zero-order valence-corrected chi connectivity index (χ0v) is 19.5. The molecule has 0 aromatic carbocycles. The molecule has 4 aliphatic rings. The predicted octanol–water partition coefficient (Wildman–Crippen LogP) is 5.02. The maximum absolute atomic E-state index is 13.5. The van der Waals surface area contributed by atoms with Gasteiger partial charge < -0.3 is 5.11 Å². The van der Waals surface area contributed by atoms with Crippen molar-refractivity contribution in [3.8, 4) is 0 Å². The maximum Gasteiger partial charge on any atom is 0.157 e. The Kier molecular flexibility index (Phi) is 4.80. The van der Waals surface area contributed by atoms with Crippen LogP contribution in [0.4, 0.5) is 0 Å². The fraction of sp³-hybridized carbons (Fsp3) is 0.741. The normalized spacial score (nSPS) is 43.5. The van der Waals surface area contributed by atoms with Crippen LogP contribution >= 0.6 is 0 Å². The van der Waals surface area contributed by atoms with Crippen LogP contribution in [0.1, 0.15) is 71.6 Å². The van der Waals surface area contributed by atoms with E-state index in [0.29, 0.717) is 24.2 Å². The van der Waals surface area contributed by atoms with E-state index in [1.807, 2.05) is 23.9 Å². The van der Waals surface area contributed by atoms with Gasteiger partial charge in [0.25, 0.3) is 0 Å². The summed E-state index contributed by atoms with van der Waals surface area (Å²) in [5.41, 5.74) is 0.564. The van der Waals surface area contributed by atoms with E-state index >= 15 is 0 Å². The summed E-state index contributed by atoms with van der Waals surface area (Å²) in [6, 6.07) is 1.96. The molecule has 0 aliphatic heterocycles. The van der Waals surface area contributed by atoms with Gasteiger partial charge in [0.1, 0.15) is 5.52 Å². The highest BCUT2D eigenvalue weighted by molar-refractivity contribution is 5.83. The molecule has 4 aliphatic carbocycles. The molecule has 172 valence electrons. The first-order chi connectivity index (χ1) is 15.3. The lowest BCUT2D eigenvalue weighted by Gasteiger charge is -2.56. The molecule has 0 amide bonds. The molecule has 2 aromatic heterocycles. The van der Waals surface area contributed by atoms with Gasteiger partial charge in [0.05, 0.1) is 18.3 Å². The van der Waals surface area contributed by atoms with Crippen LogP contribution in [-0.4, -0.2) is 31.3 Å². The molecule has 0 unspecified atom stereocenters. The van der Waals surface area contributed by atoms with Crippen molar-refractivity contribution in [2.24, 2.45) is 40.9 Å². The number of fused-ring (bicyclic) bond motifs is 6. The summed E-state index contributed by atoms with van der Waals surface area (Å²) in [5.74, 6) is 4.36. The third-order valence-electron chi connectivity index (χ3n) is 10.3. The number of aliphatic hydroxyl groups is 1. The van der Waals surface area contributed by atoms with Crippen molar-refractivity contribution >= 4 is 16.7 Å². The monoisotopic (exact) mass is 435 g/mol. The van der Waals surface area contributed by atoms with Gasteiger partial charge in [0.2, 0.25) is 0 Å². The lowest BCUT2D eigenvalue weighted by Crippen LogP contribution is -2.51. The van der Waals surface area contributed by atoms with E-state index in [1.165, 1.54) is 38.5 Å². The average Bonchev–Trinajstić information content (AvgIpc) is 3.32. The summed E-state index contributed by atoms with van der Waals surface area (Å²) >= 11 is 0. The topological polar surface area (TPSA) is 68.0 Å².